The van der Waals surface area contributed by atoms with Crippen LogP contribution in [0.15, 0.2) is 70.0 Å². The second kappa shape index (κ2) is 12.4. The molecule has 0 aliphatic rings. The molecule has 2 aromatic heterocycles. The van der Waals surface area contributed by atoms with E-state index in [2.05, 4.69) is 58.6 Å². The van der Waals surface area contributed by atoms with Crippen LogP contribution in [0.1, 0.15) is 39.1 Å². The first kappa shape index (κ1) is 23.0. The molecule has 0 amide bonds. The number of aromatic nitrogens is 1. The van der Waals surface area contributed by atoms with E-state index in [1.165, 1.54) is 4.88 Å². The standard InChI is InChI=1S/C21H23N3S.C3H4/c1-6-11-23-17(8-3)18-13-16(20-10-9-12-25-20)14-19(24-18)21(22-5)15(4)7-2;1-3-2/h6-14H,1H2,2-5H3;1H,2H3/b15-7-,17-8-,22-21?,23-11?;. The monoisotopic (exact) mass is 389 g/mol. The largest absolute Gasteiger partial charge is 0.286 e. The van der Waals surface area contributed by atoms with Crippen LogP contribution in [0.3, 0.4) is 0 Å². The lowest BCUT2D eigenvalue weighted by molar-refractivity contribution is 1.21. The lowest BCUT2D eigenvalue weighted by Gasteiger charge is -2.11. The van der Waals surface area contributed by atoms with E-state index in [4.69, 9.17) is 4.98 Å². The van der Waals surface area contributed by atoms with E-state index in [-0.39, 0.29) is 0 Å². The van der Waals surface area contributed by atoms with Gasteiger partial charge in [0.1, 0.15) is 0 Å². The molecule has 144 valence electrons. The topological polar surface area (TPSA) is 37.6 Å². The average molecular weight is 390 g/mol. The first-order chi connectivity index (χ1) is 13.6. The van der Waals surface area contributed by atoms with Gasteiger partial charge in [-0.3, -0.25) is 9.98 Å². The highest BCUT2D eigenvalue weighted by Gasteiger charge is 2.13. The highest BCUT2D eigenvalue weighted by atomic mass is 32.1. The van der Waals surface area contributed by atoms with Crippen LogP contribution in [0.5, 0.6) is 0 Å². The molecule has 0 unspecified atom stereocenters. The van der Waals surface area contributed by atoms with E-state index in [0.29, 0.717) is 0 Å². The van der Waals surface area contributed by atoms with Crippen molar-refractivity contribution in [2.75, 3.05) is 7.05 Å². The number of hydrogen-bond acceptors (Lipinski definition) is 4. The number of nitrogens with zero attached hydrogens (tertiary/aromatic N) is 3. The molecule has 0 spiro atoms. The zero-order valence-electron chi connectivity index (χ0n) is 17.2. The fourth-order valence-electron chi connectivity index (χ4n) is 2.42. The molecule has 0 saturated carbocycles. The highest BCUT2D eigenvalue weighted by Crippen LogP contribution is 2.28. The van der Waals surface area contributed by atoms with Gasteiger partial charge >= 0.3 is 0 Å². The molecule has 3 nitrogen and oxygen atoms in total. The van der Waals surface area contributed by atoms with Crippen molar-refractivity contribution < 1.29 is 0 Å². The molecule has 0 aromatic carbocycles. The molecule has 2 aromatic rings. The van der Waals surface area contributed by atoms with Gasteiger partial charge in [-0.2, -0.15) is 0 Å². The van der Waals surface area contributed by atoms with Crippen molar-refractivity contribution in [2.45, 2.75) is 27.7 Å². The van der Waals surface area contributed by atoms with E-state index in [0.717, 1.165) is 33.9 Å². The molecule has 0 aliphatic carbocycles. The van der Waals surface area contributed by atoms with Crippen molar-refractivity contribution >= 4 is 29.0 Å². The fraction of sp³-hybridized carbons (Fsp3) is 0.208. The van der Waals surface area contributed by atoms with Crippen LogP contribution in [0.4, 0.5) is 0 Å². The summed E-state index contributed by atoms with van der Waals surface area (Å²) < 4.78 is 0. The Morgan fingerprint density at radius 1 is 1.25 bits per heavy atom. The van der Waals surface area contributed by atoms with Crippen LogP contribution in [-0.4, -0.2) is 24.0 Å². The van der Waals surface area contributed by atoms with Crippen molar-refractivity contribution in [3.63, 3.8) is 0 Å². The lowest BCUT2D eigenvalue weighted by Crippen LogP contribution is -2.07. The van der Waals surface area contributed by atoms with Gasteiger partial charge in [0.05, 0.1) is 22.8 Å². The smallest absolute Gasteiger partial charge is 0.0898 e. The molecule has 0 N–H and O–H groups in total. The minimum atomic E-state index is 0.813. The number of terminal acetylenes is 1. The van der Waals surface area contributed by atoms with Crippen molar-refractivity contribution in [2.24, 2.45) is 9.98 Å². The van der Waals surface area contributed by atoms with Gasteiger partial charge in [-0.25, -0.2) is 4.98 Å². The maximum Gasteiger partial charge on any atom is 0.0898 e. The third-order valence-electron chi connectivity index (χ3n) is 3.76. The van der Waals surface area contributed by atoms with Gasteiger partial charge in [-0.15, -0.1) is 23.7 Å². The molecule has 0 aliphatic heterocycles. The molecule has 0 bridgehead atoms. The lowest BCUT2D eigenvalue weighted by atomic mass is 10.0. The molecule has 28 heavy (non-hydrogen) atoms. The minimum absolute atomic E-state index is 0.813. The van der Waals surface area contributed by atoms with Gasteiger partial charge in [0.15, 0.2) is 0 Å². The molecule has 0 fully saturated rings. The Hall–Kier alpha value is -3.03. The summed E-state index contributed by atoms with van der Waals surface area (Å²) in [4.78, 5) is 14.9. The summed E-state index contributed by atoms with van der Waals surface area (Å²) in [5, 5.41) is 2.08. The number of hydrogen-bond donors (Lipinski definition) is 0. The Labute approximate surface area is 173 Å². The van der Waals surface area contributed by atoms with Crippen LogP contribution in [0.2, 0.25) is 0 Å². The summed E-state index contributed by atoms with van der Waals surface area (Å²) in [6, 6.07) is 8.33. The Kier molecular flexibility index (Phi) is 10.2. The van der Waals surface area contributed by atoms with E-state index in [9.17, 15) is 0 Å². The Morgan fingerprint density at radius 3 is 2.43 bits per heavy atom. The first-order valence-corrected chi connectivity index (χ1v) is 9.79. The SMILES string of the molecule is C#CC.C=CC=N/C(=C\C)c1cc(-c2cccs2)cc(C(=NC)/C(C)=C\C)n1. The second-order valence-electron chi connectivity index (χ2n) is 5.62. The molecule has 0 radical (unpaired) electrons. The van der Waals surface area contributed by atoms with Crippen LogP contribution < -0.4 is 0 Å². The van der Waals surface area contributed by atoms with Crippen LogP contribution in [0.25, 0.3) is 16.1 Å². The maximum absolute atomic E-state index is 4.82. The summed E-state index contributed by atoms with van der Waals surface area (Å²) in [6.45, 7) is 11.4. The normalized spacial score (nSPS) is 12.4. The quantitative estimate of drug-likeness (QED) is 0.413. The summed E-state index contributed by atoms with van der Waals surface area (Å²) >= 11 is 1.71. The van der Waals surface area contributed by atoms with Gasteiger partial charge in [0, 0.05) is 18.1 Å². The van der Waals surface area contributed by atoms with E-state index < -0.39 is 0 Å². The number of aliphatic imine (C=N–C) groups is 2. The van der Waals surface area contributed by atoms with Crippen LogP contribution in [0, 0.1) is 12.3 Å². The van der Waals surface area contributed by atoms with Gasteiger partial charge in [0.25, 0.3) is 0 Å². The summed E-state index contributed by atoms with van der Waals surface area (Å²) in [5.41, 5.74) is 5.60. The third-order valence-corrected chi connectivity index (χ3v) is 4.68. The van der Waals surface area contributed by atoms with Crippen molar-refractivity contribution in [1.82, 2.24) is 4.98 Å². The third kappa shape index (κ3) is 6.29. The first-order valence-electron chi connectivity index (χ1n) is 8.91. The zero-order chi connectivity index (χ0) is 20.9. The number of pyridine rings is 1. The second-order valence-corrected chi connectivity index (χ2v) is 6.57. The van der Waals surface area contributed by atoms with Gasteiger partial charge in [-0.05, 0) is 62.4 Å². The number of thiophene rings is 1. The van der Waals surface area contributed by atoms with Crippen molar-refractivity contribution in [3.8, 4) is 22.8 Å². The van der Waals surface area contributed by atoms with Crippen molar-refractivity contribution in [3.05, 3.63) is 71.4 Å². The van der Waals surface area contributed by atoms with Crippen molar-refractivity contribution in [1.29, 1.82) is 0 Å². The Bertz CT molecular complexity index is 937. The van der Waals surface area contributed by atoms with E-state index >= 15 is 0 Å². The van der Waals surface area contributed by atoms with Gasteiger partial charge in [-0.1, -0.05) is 30.9 Å². The van der Waals surface area contributed by atoms with E-state index in [1.54, 1.807) is 37.6 Å². The number of allylic oxidation sites excluding steroid dienone is 4. The number of rotatable bonds is 6. The predicted octanol–water partition coefficient (Wildman–Crippen LogP) is 6.45. The fourth-order valence-corrected chi connectivity index (χ4v) is 3.13. The zero-order valence-corrected chi connectivity index (χ0v) is 18.0. The molecular weight excluding hydrogens is 362 g/mol. The van der Waals surface area contributed by atoms with Crippen LogP contribution in [-0.2, 0) is 0 Å². The van der Waals surface area contributed by atoms with Crippen LogP contribution >= 0.6 is 11.3 Å². The predicted molar refractivity (Wildman–Crippen MR) is 126 cm³/mol. The molecule has 0 atom stereocenters. The Morgan fingerprint density at radius 2 is 1.93 bits per heavy atom. The van der Waals surface area contributed by atoms with E-state index in [1.807, 2.05) is 32.9 Å². The average Bonchev–Trinajstić information content (AvgIpc) is 3.24. The summed E-state index contributed by atoms with van der Waals surface area (Å²) in [7, 11) is 1.80. The van der Waals surface area contributed by atoms with Gasteiger partial charge < -0.3 is 0 Å². The molecule has 2 rings (SSSR count). The maximum atomic E-state index is 4.82. The molecular formula is C24H27N3S. The highest BCUT2D eigenvalue weighted by molar-refractivity contribution is 7.13. The Balaban J connectivity index is 0.00000122. The minimum Gasteiger partial charge on any atom is -0.286 e. The van der Waals surface area contributed by atoms with Gasteiger partial charge in [0.2, 0.25) is 0 Å². The molecule has 4 heteroatoms. The molecule has 0 saturated heterocycles. The summed E-state index contributed by atoms with van der Waals surface area (Å²) in [5.74, 6) is 2.25. The summed E-state index contributed by atoms with van der Waals surface area (Å²) in [6.07, 6.45) is 11.9. The molecule has 2 heterocycles.